The third kappa shape index (κ3) is 2.32. The van der Waals surface area contributed by atoms with Crippen LogP contribution in [0.1, 0.15) is 55.7 Å². The van der Waals surface area contributed by atoms with Crippen LogP contribution in [0.2, 0.25) is 0 Å². The van der Waals surface area contributed by atoms with Gasteiger partial charge in [-0.05, 0) is 29.7 Å². The molecule has 28 heavy (non-hydrogen) atoms. The van der Waals surface area contributed by atoms with Crippen molar-refractivity contribution in [3.8, 4) is 5.75 Å². The molecule has 6 rings (SSSR count). The van der Waals surface area contributed by atoms with Crippen molar-refractivity contribution in [3.05, 3.63) is 77.9 Å². The molecule has 3 aromatic rings. The minimum atomic E-state index is -0.274. The zero-order valence-electron chi connectivity index (χ0n) is 16.0. The quantitative estimate of drug-likeness (QED) is 0.523. The second-order valence-electron chi connectivity index (χ2n) is 8.28. The van der Waals surface area contributed by atoms with Gasteiger partial charge >= 0.3 is 0 Å². The smallest absolute Gasteiger partial charge is 0.198 e. The van der Waals surface area contributed by atoms with Crippen molar-refractivity contribution in [2.24, 2.45) is 5.10 Å². The SMILES string of the molecule is c1ccc2c(c1)OC1(CCCCC1)N1N=C(c3cccc4ccccc34)CC21. The van der Waals surface area contributed by atoms with Gasteiger partial charge in [0.2, 0.25) is 0 Å². The lowest BCUT2D eigenvalue weighted by molar-refractivity contribution is -0.140. The molecule has 1 aliphatic carbocycles. The average Bonchev–Trinajstić information content (AvgIpc) is 3.21. The molecule has 2 aliphatic heterocycles. The van der Waals surface area contributed by atoms with Crippen LogP contribution in [0.3, 0.4) is 0 Å². The van der Waals surface area contributed by atoms with Crippen LogP contribution in [0.5, 0.6) is 5.75 Å². The molecule has 3 heteroatoms. The molecule has 3 aliphatic rings. The molecule has 2 heterocycles. The molecule has 0 N–H and O–H groups in total. The number of benzene rings is 3. The largest absolute Gasteiger partial charge is 0.466 e. The van der Waals surface area contributed by atoms with Crippen molar-refractivity contribution in [2.75, 3.05) is 0 Å². The Bertz CT molecular complexity index is 1080. The summed E-state index contributed by atoms with van der Waals surface area (Å²) in [5, 5.41) is 10.1. The highest BCUT2D eigenvalue weighted by Gasteiger charge is 2.50. The van der Waals surface area contributed by atoms with E-state index >= 15 is 0 Å². The third-order valence-corrected chi connectivity index (χ3v) is 6.64. The lowest BCUT2D eigenvalue weighted by Crippen LogP contribution is -2.54. The Morgan fingerprint density at radius 3 is 2.57 bits per heavy atom. The van der Waals surface area contributed by atoms with Crippen molar-refractivity contribution in [2.45, 2.75) is 50.3 Å². The maximum absolute atomic E-state index is 6.66. The standard InChI is InChI=1S/C25H24N2O/c1-6-15-25(16-7-1)27-23(21-12-4-5-14-24(21)28-25)17-22(26-27)20-13-8-10-18-9-2-3-11-19(18)20/h2-5,8-14,23H,1,6-7,15-17H2. The summed E-state index contributed by atoms with van der Waals surface area (Å²) in [4.78, 5) is 0. The lowest BCUT2D eigenvalue weighted by Gasteiger charge is -2.49. The summed E-state index contributed by atoms with van der Waals surface area (Å²) in [6, 6.07) is 24.0. The summed E-state index contributed by atoms with van der Waals surface area (Å²) >= 11 is 0. The Morgan fingerprint density at radius 1 is 0.857 bits per heavy atom. The van der Waals surface area contributed by atoms with Crippen molar-refractivity contribution in [1.82, 2.24) is 5.01 Å². The molecule has 0 amide bonds. The van der Waals surface area contributed by atoms with Gasteiger partial charge in [0.15, 0.2) is 5.72 Å². The van der Waals surface area contributed by atoms with Crippen LogP contribution in [0.15, 0.2) is 71.8 Å². The Hall–Kier alpha value is -2.81. The van der Waals surface area contributed by atoms with Crippen LogP contribution in [0.25, 0.3) is 10.8 Å². The lowest BCUT2D eigenvalue weighted by atomic mass is 9.86. The fraction of sp³-hybridized carbons (Fsp3) is 0.320. The molecule has 0 saturated heterocycles. The van der Waals surface area contributed by atoms with Gasteiger partial charge in [0, 0.05) is 30.4 Å². The van der Waals surface area contributed by atoms with E-state index in [9.17, 15) is 0 Å². The van der Waals surface area contributed by atoms with E-state index in [-0.39, 0.29) is 11.8 Å². The van der Waals surface area contributed by atoms with Gasteiger partial charge in [0.05, 0.1) is 11.8 Å². The Kier molecular flexibility index (Phi) is 3.52. The Labute approximate surface area is 165 Å². The van der Waals surface area contributed by atoms with Gasteiger partial charge in [-0.15, -0.1) is 0 Å². The maximum atomic E-state index is 6.66. The number of hydrogen-bond donors (Lipinski definition) is 0. The molecule has 1 fully saturated rings. The predicted molar refractivity (Wildman–Crippen MR) is 113 cm³/mol. The van der Waals surface area contributed by atoms with E-state index in [1.807, 2.05) is 0 Å². The molecule has 1 atom stereocenters. The second-order valence-corrected chi connectivity index (χ2v) is 8.28. The zero-order valence-corrected chi connectivity index (χ0v) is 16.0. The Morgan fingerprint density at radius 2 is 1.64 bits per heavy atom. The highest BCUT2D eigenvalue weighted by molar-refractivity contribution is 6.11. The highest BCUT2D eigenvalue weighted by Crippen LogP contribution is 2.51. The van der Waals surface area contributed by atoms with Crippen molar-refractivity contribution >= 4 is 16.5 Å². The average molecular weight is 368 g/mol. The van der Waals surface area contributed by atoms with Crippen molar-refractivity contribution in [3.63, 3.8) is 0 Å². The van der Waals surface area contributed by atoms with Crippen LogP contribution < -0.4 is 4.74 Å². The van der Waals surface area contributed by atoms with Crippen molar-refractivity contribution in [1.29, 1.82) is 0 Å². The van der Waals surface area contributed by atoms with E-state index in [2.05, 4.69) is 71.7 Å². The molecular formula is C25H24N2O. The summed E-state index contributed by atoms with van der Waals surface area (Å²) in [5.41, 5.74) is 3.45. The first kappa shape index (κ1) is 16.2. The minimum absolute atomic E-state index is 0.274. The summed E-state index contributed by atoms with van der Waals surface area (Å²) in [6.45, 7) is 0. The molecule has 1 spiro atoms. The number of fused-ring (bicyclic) bond motifs is 5. The van der Waals surface area contributed by atoms with Gasteiger partial charge in [-0.2, -0.15) is 5.10 Å². The maximum Gasteiger partial charge on any atom is 0.198 e. The molecule has 140 valence electrons. The van der Waals surface area contributed by atoms with E-state index in [0.29, 0.717) is 0 Å². The van der Waals surface area contributed by atoms with Crippen LogP contribution in [-0.4, -0.2) is 16.4 Å². The molecule has 1 saturated carbocycles. The number of ether oxygens (including phenoxy) is 1. The van der Waals surface area contributed by atoms with E-state index in [1.54, 1.807) is 0 Å². The van der Waals surface area contributed by atoms with Gasteiger partial charge in [0.1, 0.15) is 5.75 Å². The normalized spacial score (nSPS) is 22.5. The zero-order chi connectivity index (χ0) is 18.6. The van der Waals surface area contributed by atoms with E-state index in [0.717, 1.165) is 25.0 Å². The number of rotatable bonds is 1. The molecule has 0 bridgehead atoms. The minimum Gasteiger partial charge on any atom is -0.466 e. The predicted octanol–water partition coefficient (Wildman–Crippen LogP) is 6.04. The fourth-order valence-corrected chi connectivity index (χ4v) is 5.30. The molecule has 3 aromatic carbocycles. The third-order valence-electron chi connectivity index (χ3n) is 6.64. The van der Waals surface area contributed by atoms with Crippen LogP contribution >= 0.6 is 0 Å². The van der Waals surface area contributed by atoms with Crippen LogP contribution in [0.4, 0.5) is 0 Å². The van der Waals surface area contributed by atoms with E-state index in [4.69, 9.17) is 9.84 Å². The summed E-state index contributed by atoms with van der Waals surface area (Å²) in [5.74, 6) is 1.06. The molecule has 0 radical (unpaired) electrons. The molecule has 3 nitrogen and oxygen atoms in total. The van der Waals surface area contributed by atoms with Crippen LogP contribution in [0, 0.1) is 0 Å². The molecule has 0 aromatic heterocycles. The van der Waals surface area contributed by atoms with Gasteiger partial charge in [-0.1, -0.05) is 67.1 Å². The fourth-order valence-electron chi connectivity index (χ4n) is 5.30. The summed E-state index contributed by atoms with van der Waals surface area (Å²) in [7, 11) is 0. The van der Waals surface area contributed by atoms with Gasteiger partial charge < -0.3 is 4.74 Å². The number of para-hydroxylation sites is 1. The summed E-state index contributed by atoms with van der Waals surface area (Å²) < 4.78 is 6.66. The van der Waals surface area contributed by atoms with E-state index < -0.39 is 0 Å². The van der Waals surface area contributed by atoms with Crippen molar-refractivity contribution < 1.29 is 4.74 Å². The first-order valence-corrected chi connectivity index (χ1v) is 10.5. The Balaban J connectivity index is 1.50. The topological polar surface area (TPSA) is 24.8 Å². The number of nitrogens with zero attached hydrogens (tertiary/aromatic N) is 2. The number of hydrazone groups is 1. The van der Waals surface area contributed by atoms with E-state index in [1.165, 1.54) is 46.9 Å². The first-order valence-electron chi connectivity index (χ1n) is 10.5. The van der Waals surface area contributed by atoms with Crippen LogP contribution in [-0.2, 0) is 0 Å². The van der Waals surface area contributed by atoms with Gasteiger partial charge in [0.25, 0.3) is 0 Å². The molecular weight excluding hydrogens is 344 g/mol. The monoisotopic (exact) mass is 368 g/mol. The van der Waals surface area contributed by atoms with Gasteiger partial charge in [-0.25, -0.2) is 5.01 Å². The molecule has 1 unspecified atom stereocenters. The van der Waals surface area contributed by atoms with Gasteiger partial charge in [-0.3, -0.25) is 0 Å². The highest BCUT2D eigenvalue weighted by atomic mass is 16.5. The second kappa shape index (κ2) is 6.10. The first-order chi connectivity index (χ1) is 13.8. The summed E-state index contributed by atoms with van der Waals surface area (Å²) in [6.07, 6.45) is 6.78. The number of hydrogen-bond acceptors (Lipinski definition) is 3.